The molecule has 1 saturated carbocycles. The van der Waals surface area contributed by atoms with Crippen molar-refractivity contribution >= 4 is 16.0 Å². The third-order valence-electron chi connectivity index (χ3n) is 4.06. The number of carboxylic acids is 1. The number of hydrogen-bond donors (Lipinski definition) is 2. The van der Waals surface area contributed by atoms with Gasteiger partial charge in [0.1, 0.15) is 11.4 Å². The Bertz CT molecular complexity index is 631. The minimum absolute atomic E-state index is 0.0326. The SMILES string of the molecule is CCc1ccc(S(=O)(=O)NCC2(F)CCC(C(=O)O)CC2)o1. The number of furan rings is 1. The minimum Gasteiger partial charge on any atom is -0.481 e. The number of carbonyl (C=O) groups is 1. The van der Waals surface area contributed by atoms with Crippen molar-refractivity contribution in [3.8, 4) is 0 Å². The Kier molecular flexibility index (Phi) is 4.91. The smallest absolute Gasteiger partial charge is 0.306 e. The number of halogens is 1. The summed E-state index contributed by atoms with van der Waals surface area (Å²) in [5.41, 5.74) is -1.71. The Balaban J connectivity index is 1.95. The highest BCUT2D eigenvalue weighted by Crippen LogP contribution is 2.35. The number of carboxylic acid groups (broad SMARTS) is 1. The number of aryl methyl sites for hydroxylation is 1. The number of aliphatic carboxylic acids is 1. The first kappa shape index (κ1) is 17.0. The Labute approximate surface area is 128 Å². The van der Waals surface area contributed by atoms with Gasteiger partial charge in [0.25, 0.3) is 10.0 Å². The molecule has 124 valence electrons. The van der Waals surface area contributed by atoms with E-state index in [0.717, 1.165) is 0 Å². The van der Waals surface area contributed by atoms with E-state index >= 15 is 0 Å². The molecule has 1 heterocycles. The average Bonchev–Trinajstić information content (AvgIpc) is 2.96. The Morgan fingerprint density at radius 2 is 2.09 bits per heavy atom. The zero-order chi connectivity index (χ0) is 16.4. The van der Waals surface area contributed by atoms with Crippen LogP contribution in [0.25, 0.3) is 0 Å². The normalized spacial score (nSPS) is 26.0. The van der Waals surface area contributed by atoms with Gasteiger partial charge in [-0.1, -0.05) is 6.92 Å². The molecule has 1 aromatic heterocycles. The van der Waals surface area contributed by atoms with E-state index in [9.17, 15) is 17.6 Å². The van der Waals surface area contributed by atoms with E-state index in [4.69, 9.17) is 9.52 Å². The van der Waals surface area contributed by atoms with Gasteiger partial charge in [-0.25, -0.2) is 17.5 Å². The van der Waals surface area contributed by atoms with Crippen LogP contribution in [0.3, 0.4) is 0 Å². The lowest BCUT2D eigenvalue weighted by Gasteiger charge is -2.32. The van der Waals surface area contributed by atoms with E-state index in [0.29, 0.717) is 12.2 Å². The van der Waals surface area contributed by atoms with Crippen LogP contribution in [0.15, 0.2) is 21.6 Å². The van der Waals surface area contributed by atoms with Crippen molar-refractivity contribution in [3.63, 3.8) is 0 Å². The van der Waals surface area contributed by atoms with E-state index in [2.05, 4.69) is 4.72 Å². The highest BCUT2D eigenvalue weighted by atomic mass is 32.2. The molecule has 0 aromatic carbocycles. The summed E-state index contributed by atoms with van der Waals surface area (Å²) in [4.78, 5) is 10.9. The molecule has 6 nitrogen and oxygen atoms in total. The molecule has 0 amide bonds. The predicted octanol–water partition coefficient (Wildman–Crippen LogP) is 2.10. The van der Waals surface area contributed by atoms with Crippen LogP contribution in [0.1, 0.15) is 38.4 Å². The van der Waals surface area contributed by atoms with Crippen molar-refractivity contribution in [2.75, 3.05) is 6.54 Å². The standard InChI is InChI=1S/C14H20FNO5S/c1-2-11-3-4-12(21-11)22(19,20)16-9-14(15)7-5-10(6-8-14)13(17)18/h3-4,10,16H,2,5-9H2,1H3,(H,17,18). The van der Waals surface area contributed by atoms with Crippen molar-refractivity contribution in [3.05, 3.63) is 17.9 Å². The van der Waals surface area contributed by atoms with Gasteiger partial charge < -0.3 is 9.52 Å². The number of rotatable bonds is 6. The largest absolute Gasteiger partial charge is 0.481 e. The molecule has 0 atom stereocenters. The second-order valence-corrected chi connectivity index (χ2v) is 7.36. The fourth-order valence-electron chi connectivity index (χ4n) is 2.55. The average molecular weight is 333 g/mol. The van der Waals surface area contributed by atoms with Crippen molar-refractivity contribution < 1.29 is 27.1 Å². The van der Waals surface area contributed by atoms with E-state index < -0.39 is 27.6 Å². The van der Waals surface area contributed by atoms with Crippen LogP contribution in [0.5, 0.6) is 0 Å². The summed E-state index contributed by atoms with van der Waals surface area (Å²) in [6.45, 7) is 1.46. The quantitative estimate of drug-likeness (QED) is 0.831. The van der Waals surface area contributed by atoms with Crippen molar-refractivity contribution in [2.45, 2.75) is 49.8 Å². The van der Waals surface area contributed by atoms with Crippen molar-refractivity contribution in [1.29, 1.82) is 0 Å². The fraction of sp³-hybridized carbons (Fsp3) is 0.643. The van der Waals surface area contributed by atoms with Crippen LogP contribution in [0.4, 0.5) is 4.39 Å². The third kappa shape index (κ3) is 3.86. The summed E-state index contributed by atoms with van der Waals surface area (Å²) in [6, 6.07) is 2.91. The predicted molar refractivity (Wildman–Crippen MR) is 76.7 cm³/mol. The second-order valence-electron chi connectivity index (χ2n) is 5.66. The zero-order valence-electron chi connectivity index (χ0n) is 12.3. The first-order valence-corrected chi connectivity index (χ1v) is 8.74. The molecule has 0 bridgehead atoms. The third-order valence-corrected chi connectivity index (χ3v) is 5.33. The van der Waals surface area contributed by atoms with Gasteiger partial charge in [-0.3, -0.25) is 4.79 Å². The number of hydrogen-bond acceptors (Lipinski definition) is 4. The number of sulfonamides is 1. The summed E-state index contributed by atoms with van der Waals surface area (Å²) in [6.07, 6.45) is 1.07. The van der Waals surface area contributed by atoms with Crippen LogP contribution in [0, 0.1) is 5.92 Å². The molecule has 0 unspecified atom stereocenters. The molecule has 8 heteroatoms. The van der Waals surface area contributed by atoms with Crippen LogP contribution in [-0.2, 0) is 21.2 Å². The molecule has 0 aliphatic heterocycles. The molecular weight excluding hydrogens is 313 g/mol. The Morgan fingerprint density at radius 3 is 2.59 bits per heavy atom. The molecule has 2 N–H and O–H groups in total. The lowest BCUT2D eigenvalue weighted by atomic mass is 9.80. The van der Waals surface area contributed by atoms with Gasteiger partial charge in [0, 0.05) is 13.0 Å². The Hall–Kier alpha value is -1.41. The topological polar surface area (TPSA) is 96.6 Å². The highest BCUT2D eigenvalue weighted by molar-refractivity contribution is 7.89. The first-order valence-electron chi connectivity index (χ1n) is 7.26. The molecule has 1 aliphatic carbocycles. The summed E-state index contributed by atoms with van der Waals surface area (Å²) in [5, 5.41) is 8.67. The van der Waals surface area contributed by atoms with Gasteiger partial charge >= 0.3 is 5.97 Å². The monoisotopic (exact) mass is 333 g/mol. The maximum Gasteiger partial charge on any atom is 0.306 e. The molecule has 0 saturated heterocycles. The van der Waals surface area contributed by atoms with Gasteiger partial charge in [-0.2, -0.15) is 0 Å². The molecular formula is C14H20FNO5S. The van der Waals surface area contributed by atoms with E-state index in [1.54, 1.807) is 6.07 Å². The molecule has 0 spiro atoms. The Morgan fingerprint density at radius 1 is 1.45 bits per heavy atom. The molecule has 1 fully saturated rings. The second kappa shape index (κ2) is 6.37. The first-order chi connectivity index (χ1) is 10.3. The van der Waals surface area contributed by atoms with Crippen LogP contribution in [0.2, 0.25) is 0 Å². The minimum atomic E-state index is -3.89. The molecule has 1 aliphatic rings. The van der Waals surface area contributed by atoms with Gasteiger partial charge in [0.15, 0.2) is 0 Å². The number of nitrogens with one attached hydrogen (secondary N) is 1. The van der Waals surface area contributed by atoms with Gasteiger partial charge in [-0.05, 0) is 37.8 Å². The molecule has 1 aromatic rings. The van der Waals surface area contributed by atoms with E-state index in [1.807, 2.05) is 6.92 Å². The summed E-state index contributed by atoms with van der Waals surface area (Å²) >= 11 is 0. The van der Waals surface area contributed by atoms with Crippen molar-refractivity contribution in [1.82, 2.24) is 4.72 Å². The zero-order valence-corrected chi connectivity index (χ0v) is 13.2. The highest BCUT2D eigenvalue weighted by Gasteiger charge is 2.38. The van der Waals surface area contributed by atoms with Gasteiger partial charge in [-0.15, -0.1) is 0 Å². The van der Waals surface area contributed by atoms with Crippen LogP contribution < -0.4 is 4.72 Å². The molecule has 0 radical (unpaired) electrons. The summed E-state index contributed by atoms with van der Waals surface area (Å²) in [7, 11) is -3.89. The van der Waals surface area contributed by atoms with Crippen LogP contribution >= 0.6 is 0 Å². The van der Waals surface area contributed by atoms with E-state index in [-0.39, 0.29) is 37.3 Å². The maximum absolute atomic E-state index is 14.6. The van der Waals surface area contributed by atoms with Gasteiger partial charge in [0.2, 0.25) is 5.09 Å². The van der Waals surface area contributed by atoms with E-state index in [1.165, 1.54) is 6.07 Å². The molecule has 2 rings (SSSR count). The maximum atomic E-state index is 14.6. The van der Waals surface area contributed by atoms with Crippen molar-refractivity contribution in [2.24, 2.45) is 5.92 Å². The fourth-order valence-corrected chi connectivity index (χ4v) is 3.60. The van der Waals surface area contributed by atoms with Gasteiger partial charge in [0.05, 0.1) is 5.92 Å². The molecule has 22 heavy (non-hydrogen) atoms. The summed E-state index contributed by atoms with van der Waals surface area (Å²) in [5.74, 6) is -0.930. The lowest BCUT2D eigenvalue weighted by molar-refractivity contribution is -0.143. The number of alkyl halides is 1. The summed E-state index contributed by atoms with van der Waals surface area (Å²) < 4.78 is 46.1. The lowest BCUT2D eigenvalue weighted by Crippen LogP contribution is -2.42. The van der Waals surface area contributed by atoms with Crippen LogP contribution in [-0.4, -0.2) is 31.7 Å².